The summed E-state index contributed by atoms with van der Waals surface area (Å²) in [6, 6.07) is 9.52. The first kappa shape index (κ1) is 25.3. The molecule has 2 atom stereocenters. The summed E-state index contributed by atoms with van der Waals surface area (Å²) in [6.45, 7) is 8.46. The molecule has 0 saturated carbocycles. The molecule has 0 bridgehead atoms. The Hall–Kier alpha value is -2.35. The van der Waals surface area contributed by atoms with Crippen LogP contribution in [0.15, 0.2) is 48.4 Å². The SMILES string of the molecule is C=CCCC(O)CN(CCC)CC(=O)N1CCc2sccc2C1COc1cccc(OC)c1. The quantitative estimate of drug-likeness (QED) is 0.441. The lowest BCUT2D eigenvalue weighted by Gasteiger charge is -2.37. The normalized spacial score (nSPS) is 16.4. The van der Waals surface area contributed by atoms with Crippen molar-refractivity contribution >= 4 is 17.2 Å². The van der Waals surface area contributed by atoms with Crippen molar-refractivity contribution in [2.45, 2.75) is 44.8 Å². The van der Waals surface area contributed by atoms with Gasteiger partial charge in [0.05, 0.1) is 25.8 Å². The fourth-order valence-corrected chi connectivity index (χ4v) is 5.20. The molecular formula is C26H36N2O4S. The van der Waals surface area contributed by atoms with Crippen molar-refractivity contribution in [3.63, 3.8) is 0 Å². The van der Waals surface area contributed by atoms with Gasteiger partial charge < -0.3 is 19.5 Å². The lowest BCUT2D eigenvalue weighted by Crippen LogP contribution is -2.47. The van der Waals surface area contributed by atoms with Crippen molar-refractivity contribution in [1.29, 1.82) is 0 Å². The van der Waals surface area contributed by atoms with Gasteiger partial charge in [-0.15, -0.1) is 17.9 Å². The van der Waals surface area contributed by atoms with E-state index >= 15 is 0 Å². The van der Waals surface area contributed by atoms with E-state index in [2.05, 4.69) is 29.8 Å². The molecular weight excluding hydrogens is 436 g/mol. The molecule has 0 saturated heterocycles. The van der Waals surface area contributed by atoms with Gasteiger partial charge in [-0.1, -0.05) is 19.1 Å². The standard InChI is InChI=1S/C26H36N2O4S/c1-4-6-8-20(29)17-27(13-5-2)18-26(30)28-14-11-25-23(12-15-33-25)24(28)19-32-22-10-7-9-21(16-22)31-3/h4,7,9-10,12,15-16,20,24,29H,1,5-6,8,11,13-14,17-19H2,2-3H3. The predicted octanol–water partition coefficient (Wildman–Crippen LogP) is 4.30. The number of rotatable bonds is 13. The van der Waals surface area contributed by atoms with Crippen LogP contribution >= 0.6 is 11.3 Å². The summed E-state index contributed by atoms with van der Waals surface area (Å²) in [5.41, 5.74) is 1.18. The summed E-state index contributed by atoms with van der Waals surface area (Å²) < 4.78 is 11.4. The zero-order valence-corrected chi connectivity index (χ0v) is 20.6. The average Bonchev–Trinajstić information content (AvgIpc) is 3.30. The number of carbonyl (C=O) groups excluding carboxylic acids is 1. The molecule has 2 aromatic rings. The predicted molar refractivity (Wildman–Crippen MR) is 133 cm³/mol. The minimum Gasteiger partial charge on any atom is -0.497 e. The highest BCUT2D eigenvalue weighted by Gasteiger charge is 2.33. The number of fused-ring (bicyclic) bond motifs is 1. The minimum absolute atomic E-state index is 0.0791. The van der Waals surface area contributed by atoms with Gasteiger partial charge in [-0.05, 0) is 61.4 Å². The number of methoxy groups -OCH3 is 1. The lowest BCUT2D eigenvalue weighted by molar-refractivity contribution is -0.136. The van der Waals surface area contributed by atoms with Crippen LogP contribution < -0.4 is 9.47 Å². The summed E-state index contributed by atoms with van der Waals surface area (Å²) in [5, 5.41) is 12.5. The van der Waals surface area contributed by atoms with Gasteiger partial charge >= 0.3 is 0 Å². The van der Waals surface area contributed by atoms with Crippen LogP contribution in [0.2, 0.25) is 0 Å². The smallest absolute Gasteiger partial charge is 0.237 e. The zero-order valence-electron chi connectivity index (χ0n) is 19.7. The van der Waals surface area contributed by atoms with Gasteiger partial charge in [0, 0.05) is 24.0 Å². The van der Waals surface area contributed by atoms with Crippen molar-refractivity contribution in [3.05, 3.63) is 58.8 Å². The molecule has 1 amide bonds. The third-order valence-electron chi connectivity index (χ3n) is 5.94. The van der Waals surface area contributed by atoms with E-state index in [9.17, 15) is 9.90 Å². The number of hydrogen-bond acceptors (Lipinski definition) is 6. The summed E-state index contributed by atoms with van der Waals surface area (Å²) in [7, 11) is 1.63. The summed E-state index contributed by atoms with van der Waals surface area (Å²) >= 11 is 1.74. The fraction of sp³-hybridized carbons (Fsp3) is 0.500. The van der Waals surface area contributed by atoms with E-state index in [0.717, 1.165) is 37.3 Å². The second kappa shape index (κ2) is 12.8. The number of amides is 1. The number of allylic oxidation sites excluding steroid dienone is 1. The fourth-order valence-electron chi connectivity index (χ4n) is 4.27. The van der Waals surface area contributed by atoms with E-state index in [-0.39, 0.29) is 11.9 Å². The maximum absolute atomic E-state index is 13.4. The number of ether oxygens (including phenoxy) is 2. The third-order valence-corrected chi connectivity index (χ3v) is 6.93. The maximum atomic E-state index is 13.4. The van der Waals surface area contributed by atoms with E-state index in [1.165, 1.54) is 10.4 Å². The van der Waals surface area contributed by atoms with E-state index in [1.54, 1.807) is 18.4 Å². The van der Waals surface area contributed by atoms with Gasteiger partial charge in [0.15, 0.2) is 0 Å². The van der Waals surface area contributed by atoms with Crippen LogP contribution in [0, 0.1) is 0 Å². The van der Waals surface area contributed by atoms with Crippen LogP contribution in [-0.4, -0.2) is 66.8 Å². The minimum atomic E-state index is -0.459. The Morgan fingerprint density at radius 2 is 2.21 bits per heavy atom. The molecule has 1 aliphatic heterocycles. The Kier molecular flexibility index (Phi) is 9.78. The second-order valence-electron chi connectivity index (χ2n) is 8.40. The van der Waals surface area contributed by atoms with Gasteiger partial charge in [-0.2, -0.15) is 0 Å². The molecule has 7 heteroatoms. The van der Waals surface area contributed by atoms with Crippen molar-refractivity contribution in [2.24, 2.45) is 0 Å². The third kappa shape index (κ3) is 7.06. The van der Waals surface area contributed by atoms with Crippen molar-refractivity contribution in [1.82, 2.24) is 9.80 Å². The number of benzene rings is 1. The van der Waals surface area contributed by atoms with Crippen LogP contribution in [-0.2, 0) is 11.2 Å². The first-order valence-electron chi connectivity index (χ1n) is 11.7. The number of aliphatic hydroxyl groups is 1. The van der Waals surface area contributed by atoms with Gasteiger partial charge in [0.1, 0.15) is 18.1 Å². The molecule has 0 aliphatic carbocycles. The monoisotopic (exact) mass is 472 g/mol. The first-order chi connectivity index (χ1) is 16.0. The van der Waals surface area contributed by atoms with Crippen LogP contribution in [0.4, 0.5) is 0 Å². The van der Waals surface area contributed by atoms with Crippen LogP contribution in [0.3, 0.4) is 0 Å². The highest BCUT2D eigenvalue weighted by Crippen LogP contribution is 2.34. The molecule has 1 aliphatic rings. The molecule has 6 nitrogen and oxygen atoms in total. The van der Waals surface area contributed by atoms with Crippen molar-refractivity contribution in [2.75, 3.05) is 39.9 Å². The Labute approximate surface area is 201 Å². The Morgan fingerprint density at radius 1 is 1.39 bits per heavy atom. The molecule has 1 aromatic carbocycles. The number of nitrogens with zero attached hydrogens (tertiary/aromatic N) is 2. The molecule has 2 heterocycles. The van der Waals surface area contributed by atoms with E-state index in [0.29, 0.717) is 32.7 Å². The van der Waals surface area contributed by atoms with E-state index in [1.807, 2.05) is 35.2 Å². The van der Waals surface area contributed by atoms with Crippen LogP contribution in [0.5, 0.6) is 11.5 Å². The number of carbonyl (C=O) groups is 1. The van der Waals surface area contributed by atoms with E-state index < -0.39 is 6.10 Å². The van der Waals surface area contributed by atoms with E-state index in [4.69, 9.17) is 9.47 Å². The van der Waals surface area contributed by atoms with Gasteiger partial charge in [-0.3, -0.25) is 9.69 Å². The Bertz CT molecular complexity index is 900. The Morgan fingerprint density at radius 3 is 2.97 bits per heavy atom. The van der Waals surface area contributed by atoms with Crippen molar-refractivity contribution < 1.29 is 19.4 Å². The average molecular weight is 473 g/mol. The van der Waals surface area contributed by atoms with Gasteiger partial charge in [0.25, 0.3) is 0 Å². The van der Waals surface area contributed by atoms with Gasteiger partial charge in [0.2, 0.25) is 5.91 Å². The lowest BCUT2D eigenvalue weighted by atomic mass is 10.0. The van der Waals surface area contributed by atoms with Crippen LogP contribution in [0.25, 0.3) is 0 Å². The van der Waals surface area contributed by atoms with Crippen LogP contribution in [0.1, 0.15) is 42.7 Å². The topological polar surface area (TPSA) is 62.2 Å². The highest BCUT2D eigenvalue weighted by molar-refractivity contribution is 7.10. The first-order valence-corrected chi connectivity index (χ1v) is 12.6. The molecule has 1 aromatic heterocycles. The highest BCUT2D eigenvalue weighted by atomic mass is 32.1. The molecule has 0 radical (unpaired) electrons. The summed E-state index contributed by atoms with van der Waals surface area (Å²) in [5.74, 6) is 1.54. The molecule has 0 fully saturated rings. The number of aliphatic hydroxyl groups excluding tert-OH is 1. The summed E-state index contributed by atoms with van der Waals surface area (Å²) in [6.07, 6.45) is 4.59. The molecule has 180 valence electrons. The second-order valence-corrected chi connectivity index (χ2v) is 9.40. The Balaban J connectivity index is 1.70. The van der Waals surface area contributed by atoms with Crippen molar-refractivity contribution in [3.8, 4) is 11.5 Å². The molecule has 3 rings (SSSR count). The maximum Gasteiger partial charge on any atom is 0.237 e. The number of hydrogen-bond donors (Lipinski definition) is 1. The van der Waals surface area contributed by atoms with Gasteiger partial charge in [-0.25, -0.2) is 0 Å². The molecule has 1 N–H and O–H groups in total. The number of thiophene rings is 1. The largest absolute Gasteiger partial charge is 0.497 e. The summed E-state index contributed by atoms with van der Waals surface area (Å²) in [4.78, 5) is 18.8. The molecule has 33 heavy (non-hydrogen) atoms. The zero-order chi connectivity index (χ0) is 23.6. The molecule has 2 unspecified atom stereocenters. The molecule has 0 spiro atoms.